The Morgan fingerprint density at radius 2 is 2.00 bits per heavy atom. The molecule has 1 unspecified atom stereocenters. The van der Waals surface area contributed by atoms with Crippen LogP contribution < -0.4 is 5.32 Å². The number of rotatable bonds is 5. The molecule has 1 aromatic heterocycles. The smallest absolute Gasteiger partial charge is 0.318 e. The SMILES string of the molecule is O=C(NCc1ccc(F)cc1)N1CCCCC1c1nncn1CC1CC1. The normalized spacial score (nSPS) is 20.2. The number of carbonyl (C=O) groups is 1. The Morgan fingerprint density at radius 3 is 2.77 bits per heavy atom. The Hall–Kier alpha value is -2.44. The molecule has 2 amide bonds. The van der Waals surface area contributed by atoms with E-state index in [4.69, 9.17) is 0 Å². The molecule has 2 aromatic rings. The number of amides is 2. The predicted molar refractivity (Wildman–Crippen MR) is 94.7 cm³/mol. The lowest BCUT2D eigenvalue weighted by Gasteiger charge is -2.35. The van der Waals surface area contributed by atoms with Gasteiger partial charge in [0.25, 0.3) is 0 Å². The van der Waals surface area contributed by atoms with Gasteiger partial charge in [0.1, 0.15) is 12.1 Å². The van der Waals surface area contributed by atoms with E-state index in [1.54, 1.807) is 18.5 Å². The molecule has 26 heavy (non-hydrogen) atoms. The van der Waals surface area contributed by atoms with Gasteiger partial charge in [-0.2, -0.15) is 0 Å². The van der Waals surface area contributed by atoms with E-state index < -0.39 is 0 Å². The number of benzene rings is 1. The summed E-state index contributed by atoms with van der Waals surface area (Å²) in [6.07, 6.45) is 7.32. The second-order valence-corrected chi connectivity index (χ2v) is 7.28. The third kappa shape index (κ3) is 3.86. The molecule has 2 fully saturated rings. The molecule has 0 spiro atoms. The minimum absolute atomic E-state index is 0.0294. The molecule has 6 nitrogen and oxygen atoms in total. The van der Waals surface area contributed by atoms with Crippen LogP contribution >= 0.6 is 0 Å². The maximum Gasteiger partial charge on any atom is 0.318 e. The van der Waals surface area contributed by atoms with Crippen molar-refractivity contribution in [2.45, 2.75) is 51.2 Å². The zero-order chi connectivity index (χ0) is 17.9. The fourth-order valence-corrected chi connectivity index (χ4v) is 3.57. The van der Waals surface area contributed by atoms with Gasteiger partial charge in [-0.25, -0.2) is 9.18 Å². The summed E-state index contributed by atoms with van der Waals surface area (Å²) < 4.78 is 15.1. The molecule has 0 radical (unpaired) electrons. The first-order valence-corrected chi connectivity index (χ1v) is 9.37. The number of likely N-dealkylation sites (tertiary alicyclic amines) is 1. The topological polar surface area (TPSA) is 63.1 Å². The standard InChI is InChI=1S/C19H24FN5O/c20-16-8-6-14(7-9-16)11-21-19(26)25-10-2-1-3-17(25)18-23-22-13-24(18)12-15-4-5-15/h6-9,13,15,17H,1-5,10-12H2,(H,21,26). The van der Waals surface area contributed by atoms with Crippen molar-refractivity contribution in [1.29, 1.82) is 0 Å². The number of nitrogens with zero attached hydrogens (tertiary/aromatic N) is 4. The fraction of sp³-hybridized carbons (Fsp3) is 0.526. The molecule has 1 atom stereocenters. The van der Waals surface area contributed by atoms with Crippen LogP contribution in [0.4, 0.5) is 9.18 Å². The summed E-state index contributed by atoms with van der Waals surface area (Å²) in [4.78, 5) is 14.6. The fourth-order valence-electron chi connectivity index (χ4n) is 3.57. The van der Waals surface area contributed by atoms with Crippen LogP contribution in [0.3, 0.4) is 0 Å². The Bertz CT molecular complexity index is 756. The summed E-state index contributed by atoms with van der Waals surface area (Å²) in [5.74, 6) is 1.36. The van der Waals surface area contributed by atoms with Crippen molar-refractivity contribution in [3.8, 4) is 0 Å². The van der Waals surface area contributed by atoms with E-state index in [9.17, 15) is 9.18 Å². The highest BCUT2D eigenvalue weighted by atomic mass is 19.1. The van der Waals surface area contributed by atoms with Crippen molar-refractivity contribution in [2.24, 2.45) is 5.92 Å². The van der Waals surface area contributed by atoms with Gasteiger partial charge in [0, 0.05) is 19.6 Å². The molecule has 2 heterocycles. The molecule has 1 saturated carbocycles. The third-order valence-electron chi connectivity index (χ3n) is 5.22. The van der Waals surface area contributed by atoms with Gasteiger partial charge < -0.3 is 14.8 Å². The van der Waals surface area contributed by atoms with Crippen molar-refractivity contribution >= 4 is 6.03 Å². The van der Waals surface area contributed by atoms with Crippen LogP contribution in [0.25, 0.3) is 0 Å². The Labute approximate surface area is 152 Å². The molecule has 0 bridgehead atoms. The lowest BCUT2D eigenvalue weighted by molar-refractivity contribution is 0.145. The molecule has 138 valence electrons. The molecule has 1 aliphatic heterocycles. The second-order valence-electron chi connectivity index (χ2n) is 7.28. The van der Waals surface area contributed by atoms with Gasteiger partial charge in [0.2, 0.25) is 0 Å². The molecular formula is C19H24FN5O. The van der Waals surface area contributed by atoms with Crippen LogP contribution in [0.15, 0.2) is 30.6 Å². The van der Waals surface area contributed by atoms with Gasteiger partial charge in [-0.15, -0.1) is 10.2 Å². The molecule has 1 saturated heterocycles. The summed E-state index contributed by atoms with van der Waals surface area (Å²) in [6, 6.07) is 6.07. The monoisotopic (exact) mass is 357 g/mol. The van der Waals surface area contributed by atoms with Crippen molar-refractivity contribution < 1.29 is 9.18 Å². The van der Waals surface area contributed by atoms with Gasteiger partial charge in [-0.3, -0.25) is 0 Å². The molecule has 7 heteroatoms. The maximum atomic E-state index is 13.0. The minimum atomic E-state index is -0.272. The highest BCUT2D eigenvalue weighted by Gasteiger charge is 2.32. The number of hydrogen-bond donors (Lipinski definition) is 1. The number of aromatic nitrogens is 3. The Balaban J connectivity index is 1.43. The zero-order valence-corrected chi connectivity index (χ0v) is 14.8. The largest absolute Gasteiger partial charge is 0.334 e. The average molecular weight is 357 g/mol. The first-order chi connectivity index (χ1) is 12.7. The van der Waals surface area contributed by atoms with Crippen LogP contribution in [0, 0.1) is 11.7 Å². The maximum absolute atomic E-state index is 13.0. The minimum Gasteiger partial charge on any atom is -0.334 e. The van der Waals surface area contributed by atoms with Crippen LogP contribution in [0.1, 0.15) is 49.5 Å². The predicted octanol–water partition coefficient (Wildman–Crippen LogP) is 3.26. The van der Waals surface area contributed by atoms with Crippen molar-refractivity contribution in [3.05, 3.63) is 47.8 Å². The number of halogens is 1. The molecule has 1 N–H and O–H groups in total. The molecule has 1 aromatic carbocycles. The van der Waals surface area contributed by atoms with Gasteiger partial charge in [0.15, 0.2) is 5.82 Å². The van der Waals surface area contributed by atoms with E-state index in [2.05, 4.69) is 20.1 Å². The Kier molecular flexibility index (Phi) is 4.86. The quantitative estimate of drug-likeness (QED) is 0.893. The number of nitrogens with one attached hydrogen (secondary N) is 1. The average Bonchev–Trinajstić information content (AvgIpc) is 3.36. The summed E-state index contributed by atoms with van der Waals surface area (Å²) in [7, 11) is 0. The number of piperidine rings is 1. The van der Waals surface area contributed by atoms with E-state index in [1.807, 2.05) is 4.90 Å². The summed E-state index contributed by atoms with van der Waals surface area (Å²) in [6.45, 7) is 2.05. The first kappa shape index (κ1) is 17.0. The molecule has 1 aliphatic carbocycles. The van der Waals surface area contributed by atoms with Crippen LogP contribution in [-0.4, -0.2) is 32.2 Å². The number of carbonyl (C=O) groups excluding carboxylic acids is 1. The first-order valence-electron chi connectivity index (χ1n) is 9.37. The number of hydrogen-bond acceptors (Lipinski definition) is 3. The highest BCUT2D eigenvalue weighted by Crippen LogP contribution is 2.34. The van der Waals surface area contributed by atoms with E-state index in [1.165, 1.54) is 25.0 Å². The lowest BCUT2D eigenvalue weighted by Crippen LogP contribution is -2.45. The van der Waals surface area contributed by atoms with Gasteiger partial charge >= 0.3 is 6.03 Å². The lowest BCUT2D eigenvalue weighted by atomic mass is 10.0. The summed E-state index contributed by atoms with van der Waals surface area (Å²) in [5.41, 5.74) is 0.880. The van der Waals surface area contributed by atoms with Crippen LogP contribution in [0.2, 0.25) is 0 Å². The third-order valence-corrected chi connectivity index (χ3v) is 5.22. The van der Waals surface area contributed by atoms with Crippen molar-refractivity contribution in [3.63, 3.8) is 0 Å². The van der Waals surface area contributed by atoms with Gasteiger partial charge in [-0.1, -0.05) is 12.1 Å². The summed E-state index contributed by atoms with van der Waals surface area (Å²) in [5, 5.41) is 11.4. The molecular weight excluding hydrogens is 333 g/mol. The highest BCUT2D eigenvalue weighted by molar-refractivity contribution is 5.74. The molecule has 4 rings (SSSR count). The van der Waals surface area contributed by atoms with E-state index >= 15 is 0 Å². The Morgan fingerprint density at radius 1 is 1.19 bits per heavy atom. The van der Waals surface area contributed by atoms with Crippen LogP contribution in [-0.2, 0) is 13.1 Å². The zero-order valence-electron chi connectivity index (χ0n) is 14.8. The van der Waals surface area contributed by atoms with E-state index in [-0.39, 0.29) is 17.9 Å². The molecule has 2 aliphatic rings. The van der Waals surface area contributed by atoms with Crippen molar-refractivity contribution in [1.82, 2.24) is 25.0 Å². The van der Waals surface area contributed by atoms with Gasteiger partial charge in [-0.05, 0) is 55.7 Å². The summed E-state index contributed by atoms with van der Waals surface area (Å²) >= 11 is 0. The van der Waals surface area contributed by atoms with E-state index in [0.717, 1.165) is 49.7 Å². The van der Waals surface area contributed by atoms with Gasteiger partial charge in [0.05, 0.1) is 6.04 Å². The second kappa shape index (κ2) is 7.43. The van der Waals surface area contributed by atoms with Crippen molar-refractivity contribution in [2.75, 3.05) is 6.54 Å². The number of urea groups is 1. The van der Waals surface area contributed by atoms with Crippen LogP contribution in [0.5, 0.6) is 0 Å². The van der Waals surface area contributed by atoms with E-state index in [0.29, 0.717) is 6.54 Å².